The maximum atomic E-state index is 10.4. The molecule has 1 heterocycles. The van der Waals surface area contributed by atoms with Crippen molar-refractivity contribution in [1.29, 1.82) is 0 Å². The quantitative estimate of drug-likeness (QED) is 0.816. The molecule has 0 atom stereocenters. The molecule has 0 bridgehead atoms. The van der Waals surface area contributed by atoms with Crippen LogP contribution in [0.2, 0.25) is 0 Å². The van der Waals surface area contributed by atoms with Gasteiger partial charge in [-0.1, -0.05) is 6.07 Å². The Morgan fingerprint density at radius 3 is 2.71 bits per heavy atom. The maximum Gasteiger partial charge on any atom is 0.0989 e. The van der Waals surface area contributed by atoms with Crippen LogP contribution in [0.25, 0.3) is 0 Å². The van der Waals surface area contributed by atoms with Crippen molar-refractivity contribution in [2.45, 2.75) is 37.4 Å². The second-order valence-electron chi connectivity index (χ2n) is 3.94. The smallest absolute Gasteiger partial charge is 0.0989 e. The van der Waals surface area contributed by atoms with E-state index in [-0.39, 0.29) is 0 Å². The number of rotatable bonds is 2. The van der Waals surface area contributed by atoms with Crippen molar-refractivity contribution >= 4 is 11.3 Å². The summed E-state index contributed by atoms with van der Waals surface area (Å²) in [6, 6.07) is 4.03. The Morgan fingerprint density at radius 2 is 2.21 bits per heavy atom. The Bertz CT molecular complexity index is 273. The Hall–Kier alpha value is -0.380. The zero-order valence-corrected chi connectivity index (χ0v) is 9.22. The van der Waals surface area contributed by atoms with Gasteiger partial charge in [0.15, 0.2) is 0 Å². The Kier molecular flexibility index (Phi) is 2.91. The lowest BCUT2D eigenvalue weighted by atomic mass is 9.82. The molecule has 0 aromatic carbocycles. The van der Waals surface area contributed by atoms with E-state index < -0.39 is 5.60 Å². The molecule has 1 saturated carbocycles. The molecular formula is C11H16O2S. The largest absolute Gasteiger partial charge is 0.384 e. The highest BCUT2D eigenvalue weighted by molar-refractivity contribution is 7.10. The average Bonchev–Trinajstić information content (AvgIpc) is 2.72. The normalized spacial score (nSPS) is 33.1. The van der Waals surface area contributed by atoms with Crippen LogP contribution in [0.3, 0.4) is 0 Å². The number of aliphatic hydroxyl groups is 1. The fourth-order valence-electron chi connectivity index (χ4n) is 2.09. The number of methoxy groups -OCH3 is 1. The van der Waals surface area contributed by atoms with Gasteiger partial charge in [-0.15, -0.1) is 11.3 Å². The molecule has 1 aromatic heterocycles. The third-order valence-corrected chi connectivity index (χ3v) is 4.14. The SMILES string of the molecule is COC1CCC(O)(c2cccs2)CC1. The predicted molar refractivity (Wildman–Crippen MR) is 57.5 cm³/mol. The Balaban J connectivity index is 2.06. The highest BCUT2D eigenvalue weighted by Crippen LogP contribution is 2.39. The molecule has 14 heavy (non-hydrogen) atoms. The zero-order chi connectivity index (χ0) is 10.0. The van der Waals surface area contributed by atoms with E-state index in [0.29, 0.717) is 6.10 Å². The average molecular weight is 212 g/mol. The van der Waals surface area contributed by atoms with E-state index in [4.69, 9.17) is 4.74 Å². The van der Waals surface area contributed by atoms with Crippen molar-refractivity contribution in [2.75, 3.05) is 7.11 Å². The molecule has 0 spiro atoms. The van der Waals surface area contributed by atoms with Gasteiger partial charge in [0, 0.05) is 12.0 Å². The molecule has 0 saturated heterocycles. The Morgan fingerprint density at radius 1 is 1.50 bits per heavy atom. The first-order chi connectivity index (χ1) is 6.74. The van der Waals surface area contributed by atoms with Crippen LogP contribution in [-0.4, -0.2) is 18.3 Å². The molecule has 0 aliphatic heterocycles. The van der Waals surface area contributed by atoms with Crippen LogP contribution in [0.5, 0.6) is 0 Å². The minimum atomic E-state index is -0.580. The lowest BCUT2D eigenvalue weighted by molar-refractivity contribution is -0.0451. The van der Waals surface area contributed by atoms with Gasteiger partial charge in [0.05, 0.1) is 11.7 Å². The standard InChI is InChI=1S/C11H16O2S/c1-13-9-4-6-11(12,7-5-9)10-3-2-8-14-10/h2-3,8-9,12H,4-7H2,1H3. The first-order valence-corrected chi connectivity index (χ1v) is 5.92. The van der Waals surface area contributed by atoms with Gasteiger partial charge in [-0.2, -0.15) is 0 Å². The molecule has 1 aliphatic rings. The second-order valence-corrected chi connectivity index (χ2v) is 4.89. The van der Waals surface area contributed by atoms with Gasteiger partial charge < -0.3 is 9.84 Å². The topological polar surface area (TPSA) is 29.5 Å². The molecule has 78 valence electrons. The summed E-state index contributed by atoms with van der Waals surface area (Å²) in [6.45, 7) is 0. The van der Waals surface area contributed by atoms with Crippen molar-refractivity contribution < 1.29 is 9.84 Å². The molecule has 2 rings (SSSR count). The van der Waals surface area contributed by atoms with Crippen LogP contribution in [0.15, 0.2) is 17.5 Å². The summed E-state index contributed by atoms with van der Waals surface area (Å²) in [4.78, 5) is 1.10. The molecule has 1 fully saturated rings. The summed E-state index contributed by atoms with van der Waals surface area (Å²) in [6.07, 6.45) is 3.92. The predicted octanol–water partition coefficient (Wildman–Crippen LogP) is 2.52. The third-order valence-electron chi connectivity index (χ3n) is 3.07. The third kappa shape index (κ3) is 1.85. The lowest BCUT2D eigenvalue weighted by Gasteiger charge is -2.34. The minimum Gasteiger partial charge on any atom is -0.384 e. The monoisotopic (exact) mass is 212 g/mol. The van der Waals surface area contributed by atoms with Crippen LogP contribution in [0.1, 0.15) is 30.6 Å². The molecule has 0 unspecified atom stereocenters. The molecule has 2 nitrogen and oxygen atoms in total. The van der Waals surface area contributed by atoms with Crippen molar-refractivity contribution in [3.05, 3.63) is 22.4 Å². The summed E-state index contributed by atoms with van der Waals surface area (Å²) in [5.74, 6) is 0. The second kappa shape index (κ2) is 4.01. The molecular weight excluding hydrogens is 196 g/mol. The van der Waals surface area contributed by atoms with Gasteiger partial charge in [0.2, 0.25) is 0 Å². The minimum absolute atomic E-state index is 0.343. The fraction of sp³-hybridized carbons (Fsp3) is 0.636. The highest BCUT2D eigenvalue weighted by atomic mass is 32.1. The molecule has 1 N–H and O–H groups in total. The van der Waals surface area contributed by atoms with Gasteiger partial charge in [-0.3, -0.25) is 0 Å². The van der Waals surface area contributed by atoms with Crippen LogP contribution in [0.4, 0.5) is 0 Å². The Labute approximate surface area is 88.5 Å². The van der Waals surface area contributed by atoms with Gasteiger partial charge in [-0.25, -0.2) is 0 Å². The van der Waals surface area contributed by atoms with Gasteiger partial charge in [0.1, 0.15) is 0 Å². The summed E-state index contributed by atoms with van der Waals surface area (Å²) in [5.41, 5.74) is -0.580. The summed E-state index contributed by atoms with van der Waals surface area (Å²) < 4.78 is 5.29. The zero-order valence-electron chi connectivity index (χ0n) is 8.40. The van der Waals surface area contributed by atoms with E-state index in [1.165, 1.54) is 0 Å². The van der Waals surface area contributed by atoms with E-state index >= 15 is 0 Å². The highest BCUT2D eigenvalue weighted by Gasteiger charge is 2.35. The van der Waals surface area contributed by atoms with Crippen molar-refractivity contribution in [1.82, 2.24) is 0 Å². The number of hydrogen-bond donors (Lipinski definition) is 1. The van der Waals surface area contributed by atoms with E-state index in [0.717, 1.165) is 30.6 Å². The first-order valence-electron chi connectivity index (χ1n) is 5.04. The van der Waals surface area contributed by atoms with Crippen LogP contribution in [0, 0.1) is 0 Å². The number of hydrogen-bond acceptors (Lipinski definition) is 3. The molecule has 0 amide bonds. The van der Waals surface area contributed by atoms with Crippen LogP contribution in [-0.2, 0) is 10.3 Å². The van der Waals surface area contributed by atoms with Crippen molar-refractivity contribution in [2.24, 2.45) is 0 Å². The molecule has 3 heteroatoms. The van der Waals surface area contributed by atoms with Crippen molar-refractivity contribution in [3.63, 3.8) is 0 Å². The summed E-state index contributed by atoms with van der Waals surface area (Å²) in [5, 5.41) is 12.4. The van der Waals surface area contributed by atoms with Gasteiger partial charge >= 0.3 is 0 Å². The number of thiophene rings is 1. The summed E-state index contributed by atoms with van der Waals surface area (Å²) in [7, 11) is 1.75. The molecule has 1 aromatic rings. The first kappa shape index (κ1) is 10.1. The van der Waals surface area contributed by atoms with Gasteiger partial charge in [-0.05, 0) is 37.1 Å². The molecule has 1 aliphatic carbocycles. The lowest BCUT2D eigenvalue weighted by Crippen LogP contribution is -2.33. The van der Waals surface area contributed by atoms with E-state index in [2.05, 4.69) is 0 Å². The van der Waals surface area contributed by atoms with Crippen LogP contribution < -0.4 is 0 Å². The van der Waals surface area contributed by atoms with E-state index in [1.54, 1.807) is 18.4 Å². The summed E-state index contributed by atoms with van der Waals surface area (Å²) >= 11 is 1.65. The van der Waals surface area contributed by atoms with Crippen molar-refractivity contribution in [3.8, 4) is 0 Å². The maximum absolute atomic E-state index is 10.4. The fourth-order valence-corrected chi connectivity index (χ4v) is 2.98. The van der Waals surface area contributed by atoms with E-state index in [1.807, 2.05) is 17.5 Å². The molecule has 0 radical (unpaired) electrons. The van der Waals surface area contributed by atoms with Gasteiger partial charge in [0.25, 0.3) is 0 Å². The van der Waals surface area contributed by atoms with E-state index in [9.17, 15) is 5.11 Å². The van der Waals surface area contributed by atoms with Crippen LogP contribution >= 0.6 is 11.3 Å². The number of ether oxygens (including phenoxy) is 1.